The number of pyridine rings is 1. The monoisotopic (exact) mass is 426 g/mol. The van der Waals surface area contributed by atoms with Crippen LogP contribution in [0.15, 0.2) is 82.4 Å². The van der Waals surface area contributed by atoms with Crippen LogP contribution in [0.5, 0.6) is 11.6 Å². The van der Waals surface area contributed by atoms with Crippen LogP contribution in [-0.4, -0.2) is 20.4 Å². The van der Waals surface area contributed by atoms with Crippen molar-refractivity contribution in [1.29, 1.82) is 0 Å². The van der Waals surface area contributed by atoms with Gasteiger partial charge < -0.3 is 14.5 Å². The Balaban J connectivity index is 1.28. The quantitative estimate of drug-likeness (QED) is 0.450. The number of nitrogens with zero attached hydrogens (tertiary/aromatic N) is 3. The fourth-order valence-electron chi connectivity index (χ4n) is 3.32. The van der Waals surface area contributed by atoms with Crippen molar-refractivity contribution in [3.8, 4) is 11.6 Å². The number of ether oxygens (including phenoxy) is 1. The Bertz CT molecular complexity index is 1490. The van der Waals surface area contributed by atoms with Gasteiger partial charge in [0, 0.05) is 11.5 Å². The lowest BCUT2D eigenvalue weighted by atomic mass is 10.2. The van der Waals surface area contributed by atoms with Crippen LogP contribution in [0.3, 0.4) is 0 Å². The number of anilines is 1. The van der Waals surface area contributed by atoms with Crippen molar-refractivity contribution in [3.05, 3.63) is 89.1 Å². The molecular weight excluding hydrogens is 408 g/mol. The lowest BCUT2D eigenvalue weighted by molar-refractivity contribution is -0.116. The van der Waals surface area contributed by atoms with Gasteiger partial charge in [-0.1, -0.05) is 29.8 Å². The summed E-state index contributed by atoms with van der Waals surface area (Å²) in [5, 5.41) is 3.48. The maximum absolute atomic E-state index is 12.7. The Morgan fingerprint density at radius 3 is 2.66 bits per heavy atom. The molecule has 3 heterocycles. The Morgan fingerprint density at radius 1 is 1.06 bits per heavy atom. The predicted octanol–water partition coefficient (Wildman–Crippen LogP) is 4.28. The molecule has 0 aliphatic heterocycles. The highest BCUT2D eigenvalue weighted by Gasteiger charge is 2.14. The minimum absolute atomic E-state index is 0.126. The molecule has 0 spiro atoms. The number of hydrogen-bond donors (Lipinski definition) is 1. The SMILES string of the molecule is Cc1ccc(Oc2ccc(NC(=O)Cn3cnc4c(oc5ccccc54)c3=O)cn2)cc1. The van der Waals surface area contributed by atoms with E-state index in [1.54, 1.807) is 18.2 Å². The fraction of sp³-hybridized carbons (Fsp3) is 0.0833. The van der Waals surface area contributed by atoms with E-state index in [-0.39, 0.29) is 12.1 Å². The van der Waals surface area contributed by atoms with Crippen molar-refractivity contribution < 1.29 is 13.9 Å². The lowest BCUT2D eigenvalue weighted by Crippen LogP contribution is -2.27. The van der Waals surface area contributed by atoms with Gasteiger partial charge in [0.2, 0.25) is 17.4 Å². The Labute approximate surface area is 182 Å². The third kappa shape index (κ3) is 3.81. The molecule has 0 atom stereocenters. The standard InChI is InChI=1S/C24H18N4O4/c1-15-6-9-17(10-7-15)31-21-11-8-16(12-25-21)27-20(29)13-28-14-26-22-18-4-2-3-5-19(18)32-23(22)24(28)30/h2-12,14H,13H2,1H3,(H,27,29). The predicted molar refractivity (Wildman–Crippen MR) is 120 cm³/mol. The third-order valence-electron chi connectivity index (χ3n) is 4.93. The molecule has 5 rings (SSSR count). The number of fused-ring (bicyclic) bond motifs is 3. The van der Waals surface area contributed by atoms with Crippen molar-refractivity contribution in [3.63, 3.8) is 0 Å². The van der Waals surface area contributed by atoms with Gasteiger partial charge >= 0.3 is 0 Å². The van der Waals surface area contributed by atoms with E-state index >= 15 is 0 Å². The van der Waals surface area contributed by atoms with Crippen LogP contribution in [0.4, 0.5) is 5.69 Å². The summed E-state index contributed by atoms with van der Waals surface area (Å²) in [6, 6.07) is 18.2. The second kappa shape index (κ2) is 7.99. The second-order valence-corrected chi connectivity index (χ2v) is 7.30. The summed E-state index contributed by atoms with van der Waals surface area (Å²) < 4.78 is 12.5. The molecule has 0 saturated heterocycles. The van der Waals surface area contributed by atoms with E-state index in [4.69, 9.17) is 9.15 Å². The average Bonchev–Trinajstić information content (AvgIpc) is 3.18. The number of benzene rings is 2. The van der Waals surface area contributed by atoms with Gasteiger partial charge in [-0.3, -0.25) is 14.2 Å². The van der Waals surface area contributed by atoms with E-state index in [1.807, 2.05) is 49.4 Å². The van der Waals surface area contributed by atoms with Crippen LogP contribution in [0.1, 0.15) is 5.56 Å². The molecule has 0 saturated carbocycles. The number of amides is 1. The minimum Gasteiger partial charge on any atom is -0.448 e. The van der Waals surface area contributed by atoms with Crippen LogP contribution >= 0.6 is 0 Å². The Kier molecular flexibility index (Phi) is 4.87. The van der Waals surface area contributed by atoms with E-state index in [2.05, 4.69) is 15.3 Å². The molecule has 0 aliphatic carbocycles. The number of aryl methyl sites for hydroxylation is 1. The first-order valence-electron chi connectivity index (χ1n) is 9.94. The zero-order chi connectivity index (χ0) is 22.1. The van der Waals surface area contributed by atoms with Crippen molar-refractivity contribution in [2.24, 2.45) is 0 Å². The van der Waals surface area contributed by atoms with Crippen LogP contribution in [0, 0.1) is 6.92 Å². The zero-order valence-electron chi connectivity index (χ0n) is 17.1. The normalized spacial score (nSPS) is 11.0. The molecule has 0 fully saturated rings. The lowest BCUT2D eigenvalue weighted by Gasteiger charge is -2.08. The number of para-hydroxylation sites is 1. The van der Waals surface area contributed by atoms with Gasteiger partial charge in [-0.05, 0) is 37.3 Å². The maximum atomic E-state index is 12.7. The Morgan fingerprint density at radius 2 is 1.88 bits per heavy atom. The largest absolute Gasteiger partial charge is 0.448 e. The molecule has 158 valence electrons. The zero-order valence-corrected chi connectivity index (χ0v) is 17.1. The summed E-state index contributed by atoms with van der Waals surface area (Å²) in [4.78, 5) is 33.7. The molecule has 8 nitrogen and oxygen atoms in total. The molecule has 0 radical (unpaired) electrons. The van der Waals surface area contributed by atoms with Crippen molar-refractivity contribution in [2.75, 3.05) is 5.32 Å². The number of aromatic nitrogens is 3. The molecule has 0 bridgehead atoms. The molecule has 1 amide bonds. The molecule has 0 unspecified atom stereocenters. The smallest absolute Gasteiger partial charge is 0.297 e. The average molecular weight is 426 g/mol. The first-order chi connectivity index (χ1) is 15.6. The summed E-state index contributed by atoms with van der Waals surface area (Å²) in [5.74, 6) is 0.689. The Hall–Kier alpha value is -4.46. The maximum Gasteiger partial charge on any atom is 0.297 e. The van der Waals surface area contributed by atoms with E-state index in [1.165, 1.54) is 17.1 Å². The molecule has 32 heavy (non-hydrogen) atoms. The summed E-state index contributed by atoms with van der Waals surface area (Å²) in [7, 11) is 0. The van der Waals surface area contributed by atoms with Gasteiger partial charge in [0.25, 0.3) is 5.56 Å². The van der Waals surface area contributed by atoms with Gasteiger partial charge in [-0.25, -0.2) is 9.97 Å². The number of hydrogen-bond acceptors (Lipinski definition) is 6. The number of nitrogens with one attached hydrogen (secondary N) is 1. The molecule has 8 heteroatoms. The first kappa shape index (κ1) is 19.5. The number of carbonyl (C=O) groups excluding carboxylic acids is 1. The van der Waals surface area contributed by atoms with Crippen LogP contribution < -0.4 is 15.6 Å². The van der Waals surface area contributed by atoms with Gasteiger partial charge in [-0.2, -0.15) is 0 Å². The van der Waals surface area contributed by atoms with E-state index in [9.17, 15) is 9.59 Å². The number of furan rings is 1. The first-order valence-corrected chi connectivity index (χ1v) is 9.94. The summed E-state index contributed by atoms with van der Waals surface area (Å²) in [5.41, 5.74) is 2.39. The van der Waals surface area contributed by atoms with E-state index in [0.717, 1.165) is 10.9 Å². The second-order valence-electron chi connectivity index (χ2n) is 7.30. The third-order valence-corrected chi connectivity index (χ3v) is 4.93. The van der Waals surface area contributed by atoms with Gasteiger partial charge in [0.05, 0.1) is 18.2 Å². The summed E-state index contributed by atoms with van der Waals surface area (Å²) >= 11 is 0. The van der Waals surface area contributed by atoms with Gasteiger partial charge in [0.15, 0.2) is 0 Å². The van der Waals surface area contributed by atoms with Crippen molar-refractivity contribution in [1.82, 2.24) is 14.5 Å². The van der Waals surface area contributed by atoms with E-state index in [0.29, 0.717) is 28.4 Å². The summed E-state index contributed by atoms with van der Waals surface area (Å²) in [6.45, 7) is 1.79. The van der Waals surface area contributed by atoms with Crippen molar-refractivity contribution >= 4 is 33.7 Å². The molecule has 5 aromatic rings. The fourth-order valence-corrected chi connectivity index (χ4v) is 3.32. The molecule has 3 aromatic heterocycles. The van der Waals surface area contributed by atoms with E-state index < -0.39 is 11.5 Å². The molecule has 2 aromatic carbocycles. The molecule has 1 N–H and O–H groups in total. The topological polar surface area (TPSA) is 99.2 Å². The van der Waals surface area contributed by atoms with Crippen LogP contribution in [-0.2, 0) is 11.3 Å². The summed E-state index contributed by atoms with van der Waals surface area (Å²) in [6.07, 6.45) is 2.84. The minimum atomic E-state index is -0.415. The molecular formula is C24H18N4O4. The van der Waals surface area contributed by atoms with Crippen LogP contribution in [0.2, 0.25) is 0 Å². The van der Waals surface area contributed by atoms with Crippen molar-refractivity contribution in [2.45, 2.75) is 13.5 Å². The molecule has 0 aliphatic rings. The highest BCUT2D eigenvalue weighted by Crippen LogP contribution is 2.24. The van der Waals surface area contributed by atoms with Gasteiger partial charge in [0.1, 0.15) is 23.4 Å². The number of carbonyl (C=O) groups is 1. The highest BCUT2D eigenvalue weighted by molar-refractivity contribution is 6.01. The number of rotatable bonds is 5. The van der Waals surface area contributed by atoms with Gasteiger partial charge in [-0.15, -0.1) is 0 Å². The van der Waals surface area contributed by atoms with Crippen LogP contribution in [0.25, 0.3) is 22.1 Å². The highest BCUT2D eigenvalue weighted by atomic mass is 16.5.